The molecule has 2 heterocycles. The first-order valence-corrected chi connectivity index (χ1v) is 11.6. The van der Waals surface area contributed by atoms with Gasteiger partial charge in [0.05, 0.1) is 18.4 Å². The molecule has 6 nitrogen and oxygen atoms in total. The minimum atomic E-state index is -1.07. The third kappa shape index (κ3) is 3.82. The van der Waals surface area contributed by atoms with Gasteiger partial charge in [-0.3, -0.25) is 14.0 Å². The van der Waals surface area contributed by atoms with Crippen molar-refractivity contribution in [2.24, 2.45) is 0 Å². The Morgan fingerprint density at radius 3 is 2.56 bits per heavy atom. The molecule has 0 aliphatic heterocycles. The van der Waals surface area contributed by atoms with Crippen molar-refractivity contribution in [3.8, 4) is 5.75 Å². The maximum absolute atomic E-state index is 14.0. The first kappa shape index (κ1) is 23.7. The number of rotatable bonds is 7. The second-order valence-electron chi connectivity index (χ2n) is 8.93. The van der Waals surface area contributed by atoms with Gasteiger partial charge >= 0.3 is 5.97 Å². The number of hydrogen-bond donors (Lipinski definition) is 0. The molecule has 5 rings (SSSR count). The number of methoxy groups -OCH3 is 1. The van der Waals surface area contributed by atoms with Crippen molar-refractivity contribution in [1.82, 2.24) is 9.38 Å². The summed E-state index contributed by atoms with van der Waals surface area (Å²) in [5, 5.41) is 0. The molecule has 1 aliphatic rings. The van der Waals surface area contributed by atoms with Crippen molar-refractivity contribution < 1.29 is 27.8 Å². The fraction of sp³-hybridized carbons (Fsp3) is 0.250. The van der Waals surface area contributed by atoms with Crippen LogP contribution >= 0.6 is 0 Å². The maximum atomic E-state index is 14.0. The third-order valence-electron chi connectivity index (χ3n) is 6.88. The first-order chi connectivity index (χ1) is 17.4. The average Bonchev–Trinajstić information content (AvgIpc) is 3.41. The molecule has 1 atom stereocenters. The lowest BCUT2D eigenvalue weighted by Crippen LogP contribution is -2.37. The molecular formula is C28H24F2N2O4. The van der Waals surface area contributed by atoms with Gasteiger partial charge in [0.15, 0.2) is 17.2 Å². The van der Waals surface area contributed by atoms with Gasteiger partial charge < -0.3 is 9.47 Å². The number of fused-ring (bicyclic) bond motifs is 2. The molecule has 8 heteroatoms. The van der Waals surface area contributed by atoms with E-state index in [4.69, 9.17) is 9.47 Å². The third-order valence-corrected chi connectivity index (χ3v) is 6.88. The van der Waals surface area contributed by atoms with Gasteiger partial charge in [-0.05, 0) is 55.2 Å². The molecule has 0 saturated heterocycles. The number of esters is 1. The Morgan fingerprint density at radius 1 is 1.06 bits per heavy atom. The van der Waals surface area contributed by atoms with E-state index >= 15 is 0 Å². The highest BCUT2D eigenvalue weighted by molar-refractivity contribution is 6.01. The van der Waals surface area contributed by atoms with Crippen molar-refractivity contribution >= 4 is 17.4 Å². The molecule has 1 unspecified atom stereocenters. The van der Waals surface area contributed by atoms with Crippen molar-refractivity contribution in [2.45, 2.75) is 38.2 Å². The zero-order chi connectivity index (χ0) is 25.4. The van der Waals surface area contributed by atoms with Crippen molar-refractivity contribution in [1.29, 1.82) is 0 Å². The van der Waals surface area contributed by atoms with E-state index in [0.29, 0.717) is 29.9 Å². The van der Waals surface area contributed by atoms with E-state index in [1.165, 1.54) is 13.2 Å². The monoisotopic (exact) mass is 490 g/mol. The predicted octanol–water partition coefficient (Wildman–Crippen LogP) is 5.13. The summed E-state index contributed by atoms with van der Waals surface area (Å²) in [6.45, 7) is 1.36. The van der Waals surface area contributed by atoms with Crippen molar-refractivity contribution in [3.63, 3.8) is 0 Å². The normalized spacial score (nSPS) is 16.7. The van der Waals surface area contributed by atoms with Gasteiger partial charge in [0.2, 0.25) is 0 Å². The van der Waals surface area contributed by atoms with Crippen LogP contribution in [0.1, 0.15) is 45.7 Å². The lowest BCUT2D eigenvalue weighted by molar-refractivity contribution is -0.147. The fourth-order valence-electron chi connectivity index (χ4n) is 5.13. The molecule has 0 fully saturated rings. The van der Waals surface area contributed by atoms with E-state index in [1.54, 1.807) is 29.7 Å². The Balaban J connectivity index is 1.49. The highest BCUT2D eigenvalue weighted by Gasteiger charge is 2.48. The smallest absolute Gasteiger partial charge is 0.316 e. The molecule has 0 spiro atoms. The van der Waals surface area contributed by atoms with Gasteiger partial charge in [-0.1, -0.05) is 30.3 Å². The Kier molecular flexibility index (Phi) is 6.04. The van der Waals surface area contributed by atoms with Crippen LogP contribution in [0.3, 0.4) is 0 Å². The minimum absolute atomic E-state index is 0.0726. The van der Waals surface area contributed by atoms with Crippen LogP contribution in [0.2, 0.25) is 0 Å². The molecule has 0 amide bonds. The van der Waals surface area contributed by atoms with Gasteiger partial charge in [-0.2, -0.15) is 0 Å². The zero-order valence-corrected chi connectivity index (χ0v) is 19.9. The fourth-order valence-corrected chi connectivity index (χ4v) is 5.13. The number of benzene rings is 2. The zero-order valence-electron chi connectivity index (χ0n) is 19.9. The summed E-state index contributed by atoms with van der Waals surface area (Å²) in [6, 6.07) is 14.5. The number of imidazole rings is 1. The van der Waals surface area contributed by atoms with E-state index in [0.717, 1.165) is 23.3 Å². The molecule has 4 aromatic rings. The molecule has 2 aromatic heterocycles. The number of ether oxygens (including phenoxy) is 2. The number of ketones is 1. The molecule has 0 bridgehead atoms. The first-order valence-electron chi connectivity index (χ1n) is 11.6. The quantitative estimate of drug-likeness (QED) is 0.265. The number of hydrogen-bond acceptors (Lipinski definition) is 5. The van der Waals surface area contributed by atoms with Gasteiger partial charge in [0.1, 0.15) is 29.4 Å². The summed E-state index contributed by atoms with van der Waals surface area (Å²) in [5.74, 6) is -1.84. The molecule has 36 heavy (non-hydrogen) atoms. The van der Waals surface area contributed by atoms with Crippen LogP contribution < -0.4 is 4.74 Å². The Hall–Kier alpha value is -4.07. The molecule has 0 N–H and O–H groups in total. The topological polar surface area (TPSA) is 69.9 Å². The molecule has 1 aliphatic carbocycles. The van der Waals surface area contributed by atoms with Crippen LogP contribution in [0, 0.1) is 18.6 Å². The van der Waals surface area contributed by atoms with Crippen LogP contribution in [-0.4, -0.2) is 28.2 Å². The van der Waals surface area contributed by atoms with Gasteiger partial charge in [0.25, 0.3) is 0 Å². The Bertz CT molecular complexity index is 1480. The van der Waals surface area contributed by atoms with E-state index in [-0.39, 0.29) is 30.1 Å². The highest BCUT2D eigenvalue weighted by Crippen LogP contribution is 2.43. The second-order valence-corrected chi connectivity index (χ2v) is 8.93. The molecular weight excluding hydrogens is 466 g/mol. The number of nitrogens with zero attached hydrogens (tertiary/aromatic N) is 2. The second kappa shape index (κ2) is 9.18. The largest absolute Gasteiger partial charge is 0.485 e. The standard InChI is InChI=1S/C28H24F2N2O4/c1-17-25(23(33)15-28(27(34)35-2)13-12-18-7-3-4-8-20(18)28)32-14-6-11-24(26(32)31-17)36-16-19-21(29)9-5-10-22(19)30/h3-11,14H,12-13,15-16H2,1-2H3. The summed E-state index contributed by atoms with van der Waals surface area (Å²) in [7, 11) is 1.33. The molecule has 0 saturated carbocycles. The van der Waals surface area contributed by atoms with Crippen LogP contribution in [0.4, 0.5) is 8.78 Å². The van der Waals surface area contributed by atoms with Crippen molar-refractivity contribution in [3.05, 3.63) is 101 Å². The molecule has 2 aromatic carbocycles. The van der Waals surface area contributed by atoms with E-state index in [9.17, 15) is 18.4 Å². The summed E-state index contributed by atoms with van der Waals surface area (Å²) >= 11 is 0. The number of carbonyl (C=O) groups excluding carboxylic acids is 2. The number of pyridine rings is 1. The van der Waals surface area contributed by atoms with Crippen LogP contribution in [0.5, 0.6) is 5.75 Å². The summed E-state index contributed by atoms with van der Waals surface area (Å²) in [5.41, 5.74) is 1.69. The number of carbonyl (C=O) groups is 2. The number of aromatic nitrogens is 2. The SMILES string of the molecule is COC(=O)C1(CC(=O)c2c(C)nc3c(OCc4c(F)cccc4F)cccn23)CCc2ccccc21. The van der Waals surface area contributed by atoms with Gasteiger partial charge in [-0.25, -0.2) is 13.8 Å². The number of Topliss-reactive ketones (excluding diaryl/α,β-unsaturated/α-hetero) is 1. The maximum Gasteiger partial charge on any atom is 0.316 e. The van der Waals surface area contributed by atoms with E-state index in [1.807, 2.05) is 24.3 Å². The summed E-state index contributed by atoms with van der Waals surface area (Å²) < 4.78 is 40.6. The van der Waals surface area contributed by atoms with Gasteiger partial charge in [0, 0.05) is 12.6 Å². The lowest BCUT2D eigenvalue weighted by atomic mass is 9.77. The van der Waals surface area contributed by atoms with E-state index in [2.05, 4.69) is 4.98 Å². The average molecular weight is 491 g/mol. The Morgan fingerprint density at radius 2 is 1.81 bits per heavy atom. The number of aryl methyl sites for hydroxylation is 2. The van der Waals surface area contributed by atoms with Crippen LogP contribution in [-0.2, 0) is 28.0 Å². The lowest BCUT2D eigenvalue weighted by Gasteiger charge is -2.26. The van der Waals surface area contributed by atoms with Crippen LogP contribution in [0.15, 0.2) is 60.8 Å². The van der Waals surface area contributed by atoms with Gasteiger partial charge in [-0.15, -0.1) is 0 Å². The van der Waals surface area contributed by atoms with Crippen LogP contribution in [0.25, 0.3) is 5.65 Å². The summed E-state index contributed by atoms with van der Waals surface area (Å²) in [4.78, 5) is 31.2. The predicted molar refractivity (Wildman–Crippen MR) is 128 cm³/mol. The summed E-state index contributed by atoms with van der Waals surface area (Å²) in [6.07, 6.45) is 2.75. The molecule has 184 valence electrons. The Labute approximate surface area is 206 Å². The van der Waals surface area contributed by atoms with E-state index < -0.39 is 23.0 Å². The highest BCUT2D eigenvalue weighted by atomic mass is 19.1. The minimum Gasteiger partial charge on any atom is -0.485 e. The number of halogens is 2. The van der Waals surface area contributed by atoms with Crippen molar-refractivity contribution in [2.75, 3.05) is 7.11 Å². The molecule has 0 radical (unpaired) electrons.